The Kier molecular flexibility index (Phi) is 9.67. The Morgan fingerprint density at radius 3 is 1.74 bits per heavy atom. The van der Waals surface area contributed by atoms with Crippen molar-refractivity contribution in [1.82, 2.24) is 0 Å². The zero-order valence-electron chi connectivity index (χ0n) is 13.2. The van der Waals surface area contributed by atoms with E-state index in [0.717, 1.165) is 0 Å². The molecule has 0 saturated carbocycles. The maximum Gasteiger partial charge on any atom is 2.00 e. The van der Waals surface area contributed by atoms with Gasteiger partial charge in [0.15, 0.2) is 0 Å². The Labute approximate surface area is 161 Å². The normalized spacial score (nSPS) is 17.2. The van der Waals surface area contributed by atoms with Crippen molar-refractivity contribution in [3.8, 4) is 0 Å². The van der Waals surface area contributed by atoms with Gasteiger partial charge in [0.05, 0.1) is 0 Å². The summed E-state index contributed by atoms with van der Waals surface area (Å²) in [5.41, 5.74) is 4.25. The van der Waals surface area contributed by atoms with Crippen LogP contribution >= 0.6 is 0 Å². The van der Waals surface area contributed by atoms with Crippen molar-refractivity contribution in [1.29, 1.82) is 0 Å². The van der Waals surface area contributed by atoms with Gasteiger partial charge < -0.3 is 0 Å². The van der Waals surface area contributed by atoms with Gasteiger partial charge in [0.2, 0.25) is 0 Å². The zero-order valence-corrected chi connectivity index (χ0v) is 18.6. The maximum atomic E-state index is 3.36. The Morgan fingerprint density at radius 2 is 1.53 bits per heavy atom. The average Bonchev–Trinajstić information content (AvgIpc) is 2.58. The molecule has 2 heteroatoms. The summed E-state index contributed by atoms with van der Waals surface area (Å²) in [5, 5.41) is 1.52. The molecule has 1 aliphatic carbocycles. The molecule has 0 nitrogen and oxygen atoms in total. The predicted octanol–water partition coefficient (Wildman–Crippen LogP) is 3.99. The molecule has 1 atom stereocenters. The molecule has 0 N–H and O–H groups in total. The summed E-state index contributed by atoms with van der Waals surface area (Å²) in [5.74, 6) is 0.560. The third kappa shape index (κ3) is 6.19. The van der Waals surface area contributed by atoms with Crippen LogP contribution in [0.1, 0.15) is 27.7 Å². The van der Waals surface area contributed by atoms with Crippen LogP contribution in [0.2, 0.25) is 13.1 Å². The molecule has 0 aromatic heterocycles. The third-order valence-corrected chi connectivity index (χ3v) is 5.08. The minimum Gasteiger partial charge on any atom is -0.292 e. The molecule has 0 fully saturated rings. The van der Waals surface area contributed by atoms with Crippen LogP contribution in [0.5, 0.6) is 0 Å². The van der Waals surface area contributed by atoms with E-state index in [-0.39, 0.29) is 57.7 Å². The van der Waals surface area contributed by atoms with Crippen LogP contribution in [0, 0.1) is 12.0 Å². The van der Waals surface area contributed by atoms with Crippen molar-refractivity contribution in [2.75, 3.05) is 0 Å². The van der Waals surface area contributed by atoms with E-state index in [1.165, 1.54) is 21.9 Å². The zero-order chi connectivity index (χ0) is 13.7. The molecule has 0 bridgehead atoms. The van der Waals surface area contributed by atoms with Crippen LogP contribution < -0.4 is 5.19 Å². The Morgan fingerprint density at radius 1 is 1.00 bits per heavy atom. The SMILES string of the molecule is CC1=[C-]C(C)C(C)=C1C.C[Si-](C)c1ccccc1.[Ba+2]. The molecule has 98 valence electrons. The summed E-state index contributed by atoms with van der Waals surface area (Å²) in [7, 11) is -0.212. The van der Waals surface area contributed by atoms with Crippen LogP contribution in [0.15, 0.2) is 47.1 Å². The van der Waals surface area contributed by atoms with E-state index in [9.17, 15) is 0 Å². The van der Waals surface area contributed by atoms with Crippen molar-refractivity contribution in [3.05, 3.63) is 53.1 Å². The van der Waals surface area contributed by atoms with Crippen molar-refractivity contribution in [3.63, 3.8) is 0 Å². The second-order valence-electron chi connectivity index (χ2n) is 5.17. The molecule has 2 rings (SSSR count). The smallest absolute Gasteiger partial charge is 0.292 e. The predicted molar refractivity (Wildman–Crippen MR) is 89.3 cm³/mol. The second-order valence-corrected chi connectivity index (χ2v) is 7.74. The molecule has 0 aliphatic heterocycles. The summed E-state index contributed by atoms with van der Waals surface area (Å²) in [6, 6.07) is 10.7. The van der Waals surface area contributed by atoms with E-state index >= 15 is 0 Å². The quantitative estimate of drug-likeness (QED) is 0.500. The fourth-order valence-electron chi connectivity index (χ4n) is 1.93. The van der Waals surface area contributed by atoms with Crippen molar-refractivity contribution in [2.45, 2.75) is 40.8 Å². The van der Waals surface area contributed by atoms with Gasteiger partial charge in [-0.2, -0.15) is 29.4 Å². The molecule has 1 aromatic rings. The van der Waals surface area contributed by atoms with E-state index in [0.29, 0.717) is 5.92 Å². The molecule has 0 amide bonds. The van der Waals surface area contributed by atoms with Gasteiger partial charge in [-0.15, -0.1) is 6.92 Å². The van der Waals surface area contributed by atoms with Crippen LogP contribution in [-0.4, -0.2) is 57.7 Å². The number of hydrogen-bond donors (Lipinski definition) is 0. The van der Waals surface area contributed by atoms with Gasteiger partial charge in [-0.05, 0) is 0 Å². The first-order chi connectivity index (χ1) is 8.43. The van der Waals surface area contributed by atoms with Crippen molar-refractivity contribution < 1.29 is 0 Å². The topological polar surface area (TPSA) is 0 Å². The molecule has 1 aromatic carbocycles. The monoisotopic (exact) mass is 394 g/mol. The molecule has 1 unspecified atom stereocenters. The minimum absolute atomic E-state index is 0. The van der Waals surface area contributed by atoms with Crippen LogP contribution in [-0.2, 0) is 0 Å². The summed E-state index contributed by atoms with van der Waals surface area (Å²) in [4.78, 5) is 0. The van der Waals surface area contributed by atoms with Gasteiger partial charge in [0.25, 0.3) is 0 Å². The van der Waals surface area contributed by atoms with Gasteiger partial charge in [-0.25, -0.2) is 5.57 Å². The van der Waals surface area contributed by atoms with E-state index in [1.54, 1.807) is 0 Å². The molecule has 0 radical (unpaired) electrons. The third-order valence-electron chi connectivity index (χ3n) is 3.59. The van der Waals surface area contributed by atoms with Crippen molar-refractivity contribution >= 4 is 62.9 Å². The van der Waals surface area contributed by atoms with Gasteiger partial charge in [-0.1, -0.05) is 57.0 Å². The fraction of sp³-hybridized carbons (Fsp3) is 0.412. The molecule has 0 saturated heterocycles. The standard InChI is InChI=1S/C9H13.C8H11Si.Ba/c1-6-5-7(2)9(4)8(6)3;1-9(2)8-6-4-3-5-7-8;/h6H,1-4H3;3-7H,1-2H3;/q2*-1;+2. The Balaban J connectivity index is 0.000000324. The van der Waals surface area contributed by atoms with Crippen LogP contribution in [0.3, 0.4) is 0 Å². The summed E-state index contributed by atoms with van der Waals surface area (Å²) in [6.07, 6.45) is 3.36. The molecule has 0 spiro atoms. The van der Waals surface area contributed by atoms with Crippen LogP contribution in [0.25, 0.3) is 0 Å². The average molecular weight is 394 g/mol. The second kappa shape index (κ2) is 9.43. The fourth-order valence-corrected chi connectivity index (χ4v) is 2.79. The molecule has 0 heterocycles. The summed E-state index contributed by atoms with van der Waals surface area (Å²) >= 11 is 0. The largest absolute Gasteiger partial charge is 2.00 e. The van der Waals surface area contributed by atoms with E-state index < -0.39 is 0 Å². The molecule has 19 heavy (non-hydrogen) atoms. The van der Waals surface area contributed by atoms with E-state index in [2.05, 4.69) is 77.2 Å². The number of hydrogen-bond acceptors (Lipinski definition) is 0. The summed E-state index contributed by atoms with van der Waals surface area (Å²) in [6.45, 7) is 13.3. The first-order valence-corrected chi connectivity index (χ1v) is 9.07. The minimum atomic E-state index is -0.212. The van der Waals surface area contributed by atoms with Gasteiger partial charge in [0, 0.05) is 0 Å². The van der Waals surface area contributed by atoms with Gasteiger partial charge in [-0.3, -0.25) is 14.9 Å². The maximum absolute atomic E-state index is 3.36. The first kappa shape index (κ1) is 19.5. The molecular weight excluding hydrogens is 370 g/mol. The Hall–Kier alpha value is 0.488. The van der Waals surface area contributed by atoms with Crippen molar-refractivity contribution in [2.24, 2.45) is 5.92 Å². The first-order valence-electron chi connectivity index (χ1n) is 6.57. The number of benzene rings is 1. The number of rotatable bonds is 1. The summed E-state index contributed by atoms with van der Waals surface area (Å²) < 4.78 is 0. The van der Waals surface area contributed by atoms with Gasteiger partial charge in [0.1, 0.15) is 0 Å². The molecular formula is C17H24BaSi. The molecule has 1 aliphatic rings. The van der Waals surface area contributed by atoms with E-state index in [1.807, 2.05) is 0 Å². The van der Waals surface area contributed by atoms with E-state index in [4.69, 9.17) is 0 Å². The van der Waals surface area contributed by atoms with Crippen LogP contribution in [0.4, 0.5) is 0 Å². The van der Waals surface area contributed by atoms with Gasteiger partial charge >= 0.3 is 48.9 Å². The Bertz CT molecular complexity index is 444. The number of allylic oxidation sites excluding steroid dienone is 4.